The summed E-state index contributed by atoms with van der Waals surface area (Å²) >= 11 is 0. The molecule has 43 heavy (non-hydrogen) atoms. The zero-order valence-electron chi connectivity index (χ0n) is 25.4. The summed E-state index contributed by atoms with van der Waals surface area (Å²) in [5.41, 5.74) is 6.30. The van der Waals surface area contributed by atoms with E-state index in [0.29, 0.717) is 5.41 Å². The molecule has 5 atom stereocenters. The number of rotatable bonds is 5. The van der Waals surface area contributed by atoms with Crippen LogP contribution in [0.4, 0.5) is 0 Å². The van der Waals surface area contributed by atoms with Gasteiger partial charge in [0.25, 0.3) is 0 Å². The predicted octanol–water partition coefficient (Wildman–Crippen LogP) is 5.63. The quantitative estimate of drug-likeness (QED) is 0.189. The van der Waals surface area contributed by atoms with Crippen LogP contribution in [-0.4, -0.2) is 49.8 Å². The number of nitrogens with one attached hydrogen (secondary N) is 4. The second kappa shape index (κ2) is 13.9. The maximum absolute atomic E-state index is 3.91. The Labute approximate surface area is 275 Å². The predicted molar refractivity (Wildman–Crippen MR) is 183 cm³/mol. The summed E-state index contributed by atoms with van der Waals surface area (Å²) < 4.78 is 0. The van der Waals surface area contributed by atoms with Crippen molar-refractivity contribution in [2.45, 2.75) is 62.4 Å². The SMILES string of the molecule is PCC1C2CC3CC(C2)CC1(C1=CC(=C2C=CC=C[CH-]2)C=C1C(P)(C1NCCCN1)C1NCCCN1)C3.[Fe+2].c1cc[cH-]c1. The van der Waals surface area contributed by atoms with Gasteiger partial charge in [0.1, 0.15) is 0 Å². The smallest absolute Gasteiger partial charge is 0.301 e. The van der Waals surface area contributed by atoms with Crippen LogP contribution in [0.3, 0.4) is 0 Å². The summed E-state index contributed by atoms with van der Waals surface area (Å²) in [7, 11) is 6.61. The molecule has 6 fully saturated rings. The molecule has 9 rings (SSSR count). The third-order valence-electron chi connectivity index (χ3n) is 11.4. The van der Waals surface area contributed by atoms with Gasteiger partial charge in [0.05, 0.1) is 17.5 Å². The first-order valence-corrected chi connectivity index (χ1v) is 18.0. The Bertz CT molecular complexity index is 1200. The van der Waals surface area contributed by atoms with E-state index < -0.39 is 0 Å². The van der Waals surface area contributed by atoms with Crippen LogP contribution in [0, 0.1) is 35.5 Å². The molecule has 8 aliphatic rings. The largest absolute Gasteiger partial charge is 2.00 e. The Kier molecular flexibility index (Phi) is 10.3. The Morgan fingerprint density at radius 1 is 0.860 bits per heavy atom. The van der Waals surface area contributed by atoms with Crippen LogP contribution in [-0.2, 0) is 17.1 Å². The van der Waals surface area contributed by atoms with E-state index in [0.717, 1.165) is 49.9 Å². The summed E-state index contributed by atoms with van der Waals surface area (Å²) in [4.78, 5) is 0. The molecule has 1 aromatic carbocycles. The van der Waals surface area contributed by atoms with E-state index in [1.165, 1.54) is 62.3 Å². The van der Waals surface area contributed by atoms with E-state index in [2.05, 4.69) is 82.6 Å². The molecule has 4 bridgehead atoms. The van der Waals surface area contributed by atoms with Gasteiger partial charge in [0.15, 0.2) is 0 Å². The second-order valence-corrected chi connectivity index (χ2v) is 15.3. The molecular weight excluding hydrogens is 606 g/mol. The van der Waals surface area contributed by atoms with Crippen molar-refractivity contribution in [3.8, 4) is 0 Å². The van der Waals surface area contributed by atoms with Crippen molar-refractivity contribution in [3.63, 3.8) is 0 Å². The van der Waals surface area contributed by atoms with Crippen molar-refractivity contribution in [3.05, 3.63) is 95.5 Å². The summed E-state index contributed by atoms with van der Waals surface area (Å²) in [5.74, 6) is 3.53. The van der Waals surface area contributed by atoms with Crippen molar-refractivity contribution in [2.75, 3.05) is 32.3 Å². The van der Waals surface area contributed by atoms with Crippen LogP contribution in [0.1, 0.15) is 44.9 Å². The van der Waals surface area contributed by atoms with Gasteiger partial charge in [-0.2, -0.15) is 18.2 Å². The summed E-state index contributed by atoms with van der Waals surface area (Å²) in [6.45, 7) is 4.31. The zero-order valence-corrected chi connectivity index (χ0v) is 28.8. The molecule has 4 nitrogen and oxygen atoms in total. The van der Waals surface area contributed by atoms with Crippen molar-refractivity contribution in [1.29, 1.82) is 0 Å². The fourth-order valence-electron chi connectivity index (χ4n) is 9.84. The Morgan fingerprint density at radius 3 is 2.00 bits per heavy atom. The van der Waals surface area contributed by atoms with Gasteiger partial charge in [0, 0.05) is 0 Å². The van der Waals surface area contributed by atoms with Crippen molar-refractivity contribution >= 4 is 18.5 Å². The molecule has 2 saturated heterocycles. The van der Waals surface area contributed by atoms with Crippen LogP contribution in [0.2, 0.25) is 0 Å². The van der Waals surface area contributed by atoms with Gasteiger partial charge in [-0.15, -0.1) is 54.8 Å². The van der Waals surface area contributed by atoms with Gasteiger partial charge in [-0.25, -0.2) is 12.1 Å². The van der Waals surface area contributed by atoms with E-state index in [1.807, 2.05) is 30.3 Å². The van der Waals surface area contributed by atoms with E-state index >= 15 is 0 Å². The molecule has 7 heteroatoms. The standard InChI is InChI=1S/C31H45N4P2.C5H5.Fe/c36-19-27-24-13-20-12-21(14-24)18-30(27,17-20)25-15-23(22-6-2-1-3-7-22)16-26(25)31(37,28-32-8-4-9-33-28)29-34-10-5-11-35-29;1-2-4-5-3-1;/h1-3,6-7,15-16,20-21,24,27-29,32-35H,4-5,8-14,17-19,36-37H2;1-5H;/q2*-1;+2. The fourth-order valence-corrected chi connectivity index (χ4v) is 11.4. The van der Waals surface area contributed by atoms with Crippen LogP contribution >= 0.6 is 18.5 Å². The third kappa shape index (κ3) is 6.04. The third-order valence-corrected chi connectivity index (χ3v) is 12.9. The van der Waals surface area contributed by atoms with E-state index in [4.69, 9.17) is 0 Å². The normalized spacial score (nSPS) is 35.5. The van der Waals surface area contributed by atoms with Crippen molar-refractivity contribution in [1.82, 2.24) is 21.3 Å². The maximum Gasteiger partial charge on any atom is 2.00 e. The molecule has 2 aliphatic heterocycles. The molecule has 5 unspecified atom stereocenters. The van der Waals surface area contributed by atoms with Crippen LogP contribution in [0.5, 0.6) is 0 Å². The molecule has 1 aromatic rings. The van der Waals surface area contributed by atoms with Gasteiger partial charge in [-0.1, -0.05) is 17.7 Å². The zero-order chi connectivity index (χ0) is 28.6. The second-order valence-electron chi connectivity index (χ2n) is 13.8. The number of allylic oxidation sites excluding steroid dienone is 9. The van der Waals surface area contributed by atoms with Crippen LogP contribution in [0.15, 0.2) is 89.1 Å². The van der Waals surface area contributed by atoms with Gasteiger partial charge < -0.3 is 21.3 Å². The average Bonchev–Trinajstić information content (AvgIpc) is 3.77. The van der Waals surface area contributed by atoms with Gasteiger partial charge in [0.2, 0.25) is 0 Å². The summed E-state index contributed by atoms with van der Waals surface area (Å²) in [6.07, 6.45) is 27.6. The molecule has 0 spiro atoms. The Morgan fingerprint density at radius 2 is 1.49 bits per heavy atom. The molecule has 0 amide bonds. The first-order chi connectivity index (χ1) is 20.6. The molecule has 0 aromatic heterocycles. The van der Waals surface area contributed by atoms with Crippen molar-refractivity contribution in [2.24, 2.45) is 29.1 Å². The minimum Gasteiger partial charge on any atom is -0.301 e. The topological polar surface area (TPSA) is 48.1 Å². The minimum absolute atomic E-state index is 0. The van der Waals surface area contributed by atoms with E-state index in [9.17, 15) is 0 Å². The molecule has 2 heterocycles. The van der Waals surface area contributed by atoms with Crippen LogP contribution in [0.25, 0.3) is 0 Å². The molecule has 0 radical (unpaired) electrons. The molecular formula is C36H50FeN4P2. The maximum atomic E-state index is 3.91. The summed E-state index contributed by atoms with van der Waals surface area (Å²) in [5, 5.41) is 15.5. The molecule has 4 N–H and O–H groups in total. The Hall–Kier alpha value is -0.861. The van der Waals surface area contributed by atoms with E-state index in [-0.39, 0.29) is 34.6 Å². The Balaban J connectivity index is 0.000000500. The molecule has 232 valence electrons. The number of hydrogen-bond acceptors (Lipinski definition) is 4. The minimum atomic E-state index is -0.183. The van der Waals surface area contributed by atoms with Gasteiger partial charge in [-0.05, 0) is 118 Å². The first-order valence-electron chi connectivity index (χ1n) is 16.6. The molecule has 6 aliphatic carbocycles. The first kappa shape index (κ1) is 32.1. The number of hydrogen-bond donors (Lipinski definition) is 4. The fraction of sp³-hybridized carbons (Fsp3) is 0.556. The van der Waals surface area contributed by atoms with Crippen LogP contribution < -0.4 is 21.3 Å². The van der Waals surface area contributed by atoms with Crippen molar-refractivity contribution < 1.29 is 17.1 Å². The van der Waals surface area contributed by atoms with Gasteiger partial charge in [-0.3, -0.25) is 0 Å². The van der Waals surface area contributed by atoms with E-state index in [1.54, 1.807) is 11.1 Å². The average molecular weight is 657 g/mol. The monoisotopic (exact) mass is 656 g/mol. The molecule has 4 saturated carbocycles. The van der Waals surface area contributed by atoms with Gasteiger partial charge >= 0.3 is 17.1 Å². The summed E-state index contributed by atoms with van der Waals surface area (Å²) in [6, 6.07) is 10.0.